The second-order valence-electron chi connectivity index (χ2n) is 5.46. The molecule has 5 nitrogen and oxygen atoms in total. The average molecular weight is 290 g/mol. The molecule has 0 bridgehead atoms. The van der Waals surface area contributed by atoms with Crippen LogP contribution < -0.4 is 0 Å². The van der Waals surface area contributed by atoms with Gasteiger partial charge >= 0.3 is 0 Å². The summed E-state index contributed by atoms with van der Waals surface area (Å²) in [5, 5.41) is 8.01. The van der Waals surface area contributed by atoms with E-state index in [0.29, 0.717) is 12.2 Å². The molecule has 6 heteroatoms. The summed E-state index contributed by atoms with van der Waals surface area (Å²) in [6.45, 7) is 4.83. The summed E-state index contributed by atoms with van der Waals surface area (Å²) < 4.78 is 21.1. The molecule has 2 heterocycles. The van der Waals surface area contributed by atoms with Gasteiger partial charge in [-0.3, -0.25) is 4.90 Å². The minimum Gasteiger partial charge on any atom is -0.371 e. The van der Waals surface area contributed by atoms with E-state index in [1.54, 1.807) is 19.3 Å². The topological polar surface area (TPSA) is 43.2 Å². The zero-order chi connectivity index (χ0) is 14.8. The van der Waals surface area contributed by atoms with Crippen LogP contribution in [0, 0.1) is 12.7 Å². The first-order valence-electron chi connectivity index (χ1n) is 7.06. The predicted molar refractivity (Wildman–Crippen MR) is 76.1 cm³/mol. The first-order valence-corrected chi connectivity index (χ1v) is 7.06. The Bertz CT molecular complexity index is 628. The fourth-order valence-corrected chi connectivity index (χ4v) is 2.57. The molecule has 1 saturated heterocycles. The van der Waals surface area contributed by atoms with Crippen molar-refractivity contribution in [3.63, 3.8) is 0 Å². The summed E-state index contributed by atoms with van der Waals surface area (Å²) in [6.07, 6.45) is 1.68. The molecular formula is C15H19FN4O. The van der Waals surface area contributed by atoms with Gasteiger partial charge in [0.15, 0.2) is 0 Å². The van der Waals surface area contributed by atoms with Gasteiger partial charge in [0.2, 0.25) is 0 Å². The maximum Gasteiger partial charge on any atom is 0.146 e. The molecule has 1 aliphatic rings. The van der Waals surface area contributed by atoms with Gasteiger partial charge in [-0.15, -0.1) is 10.2 Å². The predicted octanol–water partition coefficient (Wildman–Crippen LogP) is 1.84. The Balaban J connectivity index is 1.70. The van der Waals surface area contributed by atoms with Crippen LogP contribution in [0.2, 0.25) is 0 Å². The van der Waals surface area contributed by atoms with Crippen LogP contribution in [-0.2, 0) is 18.3 Å². The molecule has 1 atom stereocenters. The Morgan fingerprint density at radius 2 is 2.29 bits per heavy atom. The number of halogens is 1. The van der Waals surface area contributed by atoms with Crippen molar-refractivity contribution >= 4 is 0 Å². The van der Waals surface area contributed by atoms with Gasteiger partial charge < -0.3 is 9.30 Å². The van der Waals surface area contributed by atoms with Crippen LogP contribution in [-0.4, -0.2) is 39.4 Å². The Morgan fingerprint density at radius 3 is 3.00 bits per heavy atom. The van der Waals surface area contributed by atoms with Crippen molar-refractivity contribution in [3.8, 4) is 0 Å². The Labute approximate surface area is 123 Å². The lowest BCUT2D eigenvalue weighted by Gasteiger charge is -2.32. The lowest BCUT2D eigenvalue weighted by atomic mass is 10.0. The van der Waals surface area contributed by atoms with E-state index >= 15 is 0 Å². The number of hydrogen-bond donors (Lipinski definition) is 0. The molecule has 1 aromatic heterocycles. The molecule has 0 spiro atoms. The van der Waals surface area contributed by atoms with Gasteiger partial charge in [0.1, 0.15) is 18.0 Å². The van der Waals surface area contributed by atoms with Crippen LogP contribution in [0.25, 0.3) is 0 Å². The van der Waals surface area contributed by atoms with E-state index < -0.39 is 0 Å². The minimum atomic E-state index is -0.175. The fourth-order valence-electron chi connectivity index (χ4n) is 2.57. The molecule has 0 radical (unpaired) electrons. The molecule has 1 aliphatic heterocycles. The van der Waals surface area contributed by atoms with Gasteiger partial charge in [-0.25, -0.2) is 4.39 Å². The van der Waals surface area contributed by atoms with E-state index in [9.17, 15) is 4.39 Å². The molecule has 0 N–H and O–H groups in total. The SMILES string of the molecule is Cc1cc(C2CN(Cc3nncn3C)CCO2)ccc1F. The Kier molecular flexibility index (Phi) is 3.98. The van der Waals surface area contributed by atoms with Crippen molar-refractivity contribution in [1.82, 2.24) is 19.7 Å². The quantitative estimate of drug-likeness (QED) is 0.865. The van der Waals surface area contributed by atoms with Crippen molar-refractivity contribution in [2.24, 2.45) is 7.05 Å². The standard InChI is InChI=1S/C15H19FN4O/c1-11-7-12(3-4-13(11)16)14-8-20(5-6-21-14)9-15-18-17-10-19(15)2/h3-4,7,10,14H,5-6,8-9H2,1-2H3. The molecule has 21 heavy (non-hydrogen) atoms. The van der Waals surface area contributed by atoms with Crippen LogP contribution >= 0.6 is 0 Å². The van der Waals surface area contributed by atoms with Crippen LogP contribution in [0.15, 0.2) is 24.5 Å². The molecule has 0 amide bonds. The van der Waals surface area contributed by atoms with Crippen LogP contribution in [0.5, 0.6) is 0 Å². The highest BCUT2D eigenvalue weighted by Crippen LogP contribution is 2.24. The summed E-state index contributed by atoms with van der Waals surface area (Å²) in [5.74, 6) is 0.761. The monoisotopic (exact) mass is 290 g/mol. The largest absolute Gasteiger partial charge is 0.371 e. The number of aromatic nitrogens is 3. The van der Waals surface area contributed by atoms with E-state index in [1.165, 1.54) is 6.07 Å². The molecule has 1 fully saturated rings. The summed E-state index contributed by atoms with van der Waals surface area (Å²) in [6, 6.07) is 5.18. The van der Waals surface area contributed by atoms with E-state index in [4.69, 9.17) is 4.74 Å². The van der Waals surface area contributed by atoms with Crippen molar-refractivity contribution in [2.75, 3.05) is 19.7 Å². The van der Waals surface area contributed by atoms with Gasteiger partial charge in [0.25, 0.3) is 0 Å². The van der Waals surface area contributed by atoms with Gasteiger partial charge in [-0.1, -0.05) is 12.1 Å². The number of rotatable bonds is 3. The van der Waals surface area contributed by atoms with Crippen molar-refractivity contribution in [1.29, 1.82) is 0 Å². The van der Waals surface area contributed by atoms with Gasteiger partial charge in [-0.2, -0.15) is 0 Å². The average Bonchev–Trinajstić information content (AvgIpc) is 2.88. The highest BCUT2D eigenvalue weighted by atomic mass is 19.1. The lowest BCUT2D eigenvalue weighted by molar-refractivity contribution is -0.0339. The molecule has 112 valence electrons. The van der Waals surface area contributed by atoms with E-state index in [-0.39, 0.29) is 11.9 Å². The first kappa shape index (κ1) is 14.2. The Morgan fingerprint density at radius 1 is 1.43 bits per heavy atom. The summed E-state index contributed by atoms with van der Waals surface area (Å²) >= 11 is 0. The number of ether oxygens (including phenoxy) is 1. The first-order chi connectivity index (χ1) is 10.1. The number of hydrogen-bond acceptors (Lipinski definition) is 4. The minimum absolute atomic E-state index is 0.0220. The molecule has 1 aromatic carbocycles. The summed E-state index contributed by atoms with van der Waals surface area (Å²) in [7, 11) is 1.94. The fraction of sp³-hybridized carbons (Fsp3) is 0.467. The van der Waals surface area contributed by atoms with E-state index in [0.717, 1.165) is 31.0 Å². The number of nitrogens with zero attached hydrogens (tertiary/aromatic N) is 4. The summed E-state index contributed by atoms with van der Waals surface area (Å²) in [4.78, 5) is 2.29. The third-order valence-electron chi connectivity index (χ3n) is 3.87. The molecule has 2 aromatic rings. The molecule has 1 unspecified atom stereocenters. The van der Waals surface area contributed by atoms with Gasteiger partial charge in [-0.05, 0) is 24.1 Å². The highest BCUT2D eigenvalue weighted by molar-refractivity contribution is 5.26. The number of morpholine rings is 1. The molecule has 3 rings (SSSR count). The number of aryl methyl sites for hydroxylation is 2. The zero-order valence-corrected chi connectivity index (χ0v) is 12.3. The van der Waals surface area contributed by atoms with E-state index in [2.05, 4.69) is 15.1 Å². The van der Waals surface area contributed by atoms with Crippen molar-refractivity contribution < 1.29 is 9.13 Å². The summed E-state index contributed by atoms with van der Waals surface area (Å²) in [5.41, 5.74) is 1.68. The van der Waals surface area contributed by atoms with Crippen LogP contribution in [0.1, 0.15) is 23.1 Å². The maximum atomic E-state index is 13.4. The number of benzene rings is 1. The second-order valence-corrected chi connectivity index (χ2v) is 5.46. The second kappa shape index (κ2) is 5.91. The molecule has 0 saturated carbocycles. The third kappa shape index (κ3) is 3.11. The molecular weight excluding hydrogens is 271 g/mol. The van der Waals surface area contributed by atoms with Crippen molar-refractivity contribution in [3.05, 3.63) is 47.3 Å². The third-order valence-corrected chi connectivity index (χ3v) is 3.87. The van der Waals surface area contributed by atoms with Crippen LogP contribution in [0.4, 0.5) is 4.39 Å². The smallest absolute Gasteiger partial charge is 0.146 e. The van der Waals surface area contributed by atoms with Crippen LogP contribution in [0.3, 0.4) is 0 Å². The molecule has 0 aliphatic carbocycles. The lowest BCUT2D eigenvalue weighted by Crippen LogP contribution is -2.38. The Hall–Kier alpha value is -1.79. The normalized spacial score (nSPS) is 19.9. The maximum absolute atomic E-state index is 13.4. The van der Waals surface area contributed by atoms with Gasteiger partial charge in [0, 0.05) is 20.1 Å². The van der Waals surface area contributed by atoms with Gasteiger partial charge in [0.05, 0.1) is 19.3 Å². The van der Waals surface area contributed by atoms with E-state index in [1.807, 2.05) is 17.7 Å². The highest BCUT2D eigenvalue weighted by Gasteiger charge is 2.23. The zero-order valence-electron chi connectivity index (χ0n) is 12.3. The van der Waals surface area contributed by atoms with Crippen molar-refractivity contribution in [2.45, 2.75) is 19.6 Å².